The predicted molar refractivity (Wildman–Crippen MR) is 110 cm³/mol. The van der Waals surface area contributed by atoms with Crippen LogP contribution in [0.2, 0.25) is 0 Å². The van der Waals surface area contributed by atoms with E-state index in [1.54, 1.807) is 12.1 Å². The zero-order valence-corrected chi connectivity index (χ0v) is 16.5. The van der Waals surface area contributed by atoms with E-state index in [2.05, 4.69) is 36.7 Å². The number of rotatable bonds is 8. The summed E-state index contributed by atoms with van der Waals surface area (Å²) in [4.78, 5) is 16.5. The number of aromatic nitrogens is 2. The lowest BCUT2D eigenvalue weighted by Gasteiger charge is -2.30. The molecule has 150 valence electrons. The van der Waals surface area contributed by atoms with Gasteiger partial charge in [0.2, 0.25) is 0 Å². The van der Waals surface area contributed by atoms with Crippen molar-refractivity contribution >= 4 is 23.1 Å². The van der Waals surface area contributed by atoms with Gasteiger partial charge in [-0.25, -0.2) is 0 Å². The third-order valence-electron chi connectivity index (χ3n) is 4.48. The molecule has 1 aliphatic heterocycles. The molecule has 2 aromatic rings. The average molecular weight is 384 g/mol. The summed E-state index contributed by atoms with van der Waals surface area (Å²) < 4.78 is 5.44. The van der Waals surface area contributed by atoms with Crippen LogP contribution < -0.4 is 15.5 Å². The van der Waals surface area contributed by atoms with Gasteiger partial charge < -0.3 is 25.2 Å². The predicted octanol–water partition coefficient (Wildman–Crippen LogP) is 1.74. The first-order chi connectivity index (χ1) is 13.6. The summed E-state index contributed by atoms with van der Waals surface area (Å²) in [6.45, 7) is 4.72. The van der Waals surface area contributed by atoms with Crippen LogP contribution in [0.15, 0.2) is 36.4 Å². The third-order valence-corrected chi connectivity index (χ3v) is 4.48. The molecule has 1 aromatic heterocycles. The van der Waals surface area contributed by atoms with Crippen LogP contribution in [-0.2, 0) is 4.74 Å². The quantitative estimate of drug-likeness (QED) is 0.671. The molecule has 1 saturated heterocycles. The molecule has 0 atom stereocenters. The van der Waals surface area contributed by atoms with Gasteiger partial charge in [-0.05, 0) is 51.3 Å². The molecule has 1 aliphatic rings. The van der Waals surface area contributed by atoms with E-state index in [0.717, 1.165) is 50.6 Å². The molecule has 1 fully saturated rings. The van der Waals surface area contributed by atoms with Crippen molar-refractivity contribution in [2.24, 2.45) is 0 Å². The monoisotopic (exact) mass is 384 g/mol. The second-order valence-corrected chi connectivity index (χ2v) is 6.96. The number of para-hydroxylation sites is 2. The van der Waals surface area contributed by atoms with E-state index >= 15 is 0 Å². The molecule has 8 nitrogen and oxygen atoms in total. The van der Waals surface area contributed by atoms with E-state index in [9.17, 15) is 4.79 Å². The number of ether oxygens (including phenoxy) is 1. The van der Waals surface area contributed by atoms with Gasteiger partial charge in [-0.15, -0.1) is 10.2 Å². The van der Waals surface area contributed by atoms with Crippen molar-refractivity contribution in [2.45, 2.75) is 6.42 Å². The number of hydrogen-bond donors (Lipinski definition) is 2. The van der Waals surface area contributed by atoms with E-state index < -0.39 is 0 Å². The van der Waals surface area contributed by atoms with Crippen LogP contribution in [0.5, 0.6) is 0 Å². The van der Waals surface area contributed by atoms with E-state index in [1.807, 2.05) is 32.3 Å². The lowest BCUT2D eigenvalue weighted by atomic mass is 10.2. The minimum Gasteiger partial charge on any atom is -0.378 e. The van der Waals surface area contributed by atoms with Crippen molar-refractivity contribution in [1.82, 2.24) is 20.4 Å². The second-order valence-electron chi connectivity index (χ2n) is 6.96. The number of carbonyl (C=O) groups is 1. The van der Waals surface area contributed by atoms with Gasteiger partial charge in [-0.2, -0.15) is 0 Å². The largest absolute Gasteiger partial charge is 0.378 e. The number of hydrogen-bond acceptors (Lipinski definition) is 7. The summed E-state index contributed by atoms with van der Waals surface area (Å²) in [5.74, 6) is 0.399. The van der Waals surface area contributed by atoms with Crippen LogP contribution in [0.1, 0.15) is 16.9 Å². The number of anilines is 3. The summed E-state index contributed by atoms with van der Waals surface area (Å²) >= 11 is 0. The fraction of sp³-hybridized carbons (Fsp3) is 0.450. The standard InChI is InChI=1S/C20H28N6O2/c1-25(2)11-5-10-21-20(27)17-8-9-19(24-23-17)22-16-6-3-4-7-18(16)26-12-14-28-15-13-26/h3-4,6-9H,5,10-15H2,1-2H3,(H,21,27)(H,22,24). The Kier molecular flexibility index (Phi) is 7.16. The van der Waals surface area contributed by atoms with Crippen LogP contribution in [0.3, 0.4) is 0 Å². The average Bonchev–Trinajstić information content (AvgIpc) is 2.72. The van der Waals surface area contributed by atoms with Crippen molar-refractivity contribution in [3.05, 3.63) is 42.1 Å². The lowest BCUT2D eigenvalue weighted by molar-refractivity contribution is 0.0946. The zero-order valence-electron chi connectivity index (χ0n) is 16.5. The Morgan fingerprint density at radius 1 is 1.14 bits per heavy atom. The van der Waals surface area contributed by atoms with Crippen LogP contribution in [-0.4, -0.2) is 74.5 Å². The summed E-state index contributed by atoms with van der Waals surface area (Å²) in [5.41, 5.74) is 2.38. The summed E-state index contributed by atoms with van der Waals surface area (Å²) in [5, 5.41) is 14.4. The molecule has 1 aromatic carbocycles. The molecule has 1 amide bonds. The first kappa shape index (κ1) is 20.0. The van der Waals surface area contributed by atoms with Crippen molar-refractivity contribution < 1.29 is 9.53 Å². The number of nitrogens with one attached hydrogen (secondary N) is 2. The highest BCUT2D eigenvalue weighted by Crippen LogP contribution is 2.28. The molecule has 0 unspecified atom stereocenters. The second kappa shape index (κ2) is 10.0. The number of benzene rings is 1. The Balaban J connectivity index is 1.59. The van der Waals surface area contributed by atoms with Gasteiger partial charge in [-0.3, -0.25) is 4.79 Å². The smallest absolute Gasteiger partial charge is 0.271 e. The van der Waals surface area contributed by atoms with Crippen molar-refractivity contribution in [1.29, 1.82) is 0 Å². The Morgan fingerprint density at radius 2 is 1.93 bits per heavy atom. The van der Waals surface area contributed by atoms with E-state index in [-0.39, 0.29) is 5.91 Å². The molecular weight excluding hydrogens is 356 g/mol. The Bertz CT molecular complexity index is 760. The molecule has 8 heteroatoms. The number of nitrogens with zero attached hydrogens (tertiary/aromatic N) is 4. The molecule has 0 aliphatic carbocycles. The molecule has 28 heavy (non-hydrogen) atoms. The Labute approximate surface area is 165 Å². The van der Waals surface area contributed by atoms with Crippen LogP contribution >= 0.6 is 0 Å². The van der Waals surface area contributed by atoms with Crippen LogP contribution in [0.4, 0.5) is 17.2 Å². The van der Waals surface area contributed by atoms with Gasteiger partial charge in [0.05, 0.1) is 24.6 Å². The first-order valence-corrected chi connectivity index (χ1v) is 9.59. The van der Waals surface area contributed by atoms with Gasteiger partial charge in [0.1, 0.15) is 0 Å². The maximum atomic E-state index is 12.2. The normalized spacial score (nSPS) is 14.2. The number of morpholine rings is 1. The van der Waals surface area contributed by atoms with Gasteiger partial charge in [0, 0.05) is 19.6 Å². The molecule has 3 rings (SSSR count). The van der Waals surface area contributed by atoms with E-state index in [1.165, 1.54) is 0 Å². The number of carbonyl (C=O) groups excluding carboxylic acids is 1. The van der Waals surface area contributed by atoms with Crippen LogP contribution in [0.25, 0.3) is 0 Å². The fourth-order valence-electron chi connectivity index (χ4n) is 3.01. The summed E-state index contributed by atoms with van der Waals surface area (Å²) in [7, 11) is 4.02. The Morgan fingerprint density at radius 3 is 2.64 bits per heavy atom. The van der Waals surface area contributed by atoms with Crippen LogP contribution in [0, 0.1) is 0 Å². The number of amides is 1. The molecule has 0 spiro atoms. The van der Waals surface area contributed by atoms with Gasteiger partial charge in [0.15, 0.2) is 11.5 Å². The minimum absolute atomic E-state index is 0.202. The topological polar surface area (TPSA) is 82.6 Å². The summed E-state index contributed by atoms with van der Waals surface area (Å²) in [6, 6.07) is 11.6. The highest BCUT2D eigenvalue weighted by atomic mass is 16.5. The third kappa shape index (κ3) is 5.64. The highest BCUT2D eigenvalue weighted by Gasteiger charge is 2.15. The fourth-order valence-corrected chi connectivity index (χ4v) is 3.01. The molecule has 0 bridgehead atoms. The van der Waals surface area contributed by atoms with Crippen molar-refractivity contribution in [3.63, 3.8) is 0 Å². The summed E-state index contributed by atoms with van der Waals surface area (Å²) in [6.07, 6.45) is 0.893. The lowest BCUT2D eigenvalue weighted by Crippen LogP contribution is -2.36. The zero-order chi connectivity index (χ0) is 19.8. The molecular formula is C20H28N6O2. The molecule has 2 heterocycles. The molecule has 0 radical (unpaired) electrons. The SMILES string of the molecule is CN(C)CCCNC(=O)c1ccc(Nc2ccccc2N2CCOCC2)nn1. The van der Waals surface area contributed by atoms with Gasteiger partial charge >= 0.3 is 0 Å². The van der Waals surface area contributed by atoms with E-state index in [4.69, 9.17) is 4.74 Å². The van der Waals surface area contributed by atoms with Crippen molar-refractivity contribution in [3.8, 4) is 0 Å². The maximum Gasteiger partial charge on any atom is 0.271 e. The van der Waals surface area contributed by atoms with Gasteiger partial charge in [0.25, 0.3) is 5.91 Å². The van der Waals surface area contributed by atoms with Gasteiger partial charge in [-0.1, -0.05) is 12.1 Å². The van der Waals surface area contributed by atoms with Crippen molar-refractivity contribution in [2.75, 3.05) is 63.7 Å². The minimum atomic E-state index is -0.202. The molecule has 0 saturated carbocycles. The Hall–Kier alpha value is -2.71. The highest BCUT2D eigenvalue weighted by molar-refractivity contribution is 5.92. The maximum absolute atomic E-state index is 12.2. The van der Waals surface area contributed by atoms with E-state index in [0.29, 0.717) is 18.1 Å². The molecule has 2 N–H and O–H groups in total. The first-order valence-electron chi connectivity index (χ1n) is 9.59.